The predicted molar refractivity (Wildman–Crippen MR) is 65.4 cm³/mol. The second kappa shape index (κ2) is 6.23. The van der Waals surface area contributed by atoms with E-state index in [1.807, 2.05) is 6.07 Å². The summed E-state index contributed by atoms with van der Waals surface area (Å²) in [5.41, 5.74) is 1.02. The summed E-state index contributed by atoms with van der Waals surface area (Å²) in [6, 6.07) is 5.32. The molecule has 0 amide bonds. The monoisotopic (exact) mass is 273 g/mol. The first-order chi connectivity index (χ1) is 7.17. The second-order valence-corrected chi connectivity index (χ2v) is 4.52. The summed E-state index contributed by atoms with van der Waals surface area (Å²) in [7, 11) is 0. The quantitative estimate of drug-likeness (QED) is 0.854. The normalized spacial score (nSPS) is 12.8. The van der Waals surface area contributed by atoms with E-state index < -0.39 is 0 Å². The minimum absolute atomic E-state index is 0.182. The Labute approximate surface area is 99.2 Å². The molecule has 0 radical (unpaired) electrons. The number of nitrogens with one attached hydrogen (secondary N) is 1. The zero-order valence-corrected chi connectivity index (χ0v) is 10.8. The van der Waals surface area contributed by atoms with Gasteiger partial charge in [0.1, 0.15) is 5.82 Å². The molecule has 3 heteroatoms. The van der Waals surface area contributed by atoms with Gasteiger partial charge in [-0.15, -0.1) is 0 Å². The van der Waals surface area contributed by atoms with Gasteiger partial charge in [-0.1, -0.05) is 36.2 Å². The van der Waals surface area contributed by atoms with E-state index in [2.05, 4.69) is 35.1 Å². The molecule has 0 fully saturated rings. The van der Waals surface area contributed by atoms with E-state index in [4.69, 9.17) is 0 Å². The molecule has 0 aromatic heterocycles. The van der Waals surface area contributed by atoms with E-state index in [0.29, 0.717) is 0 Å². The van der Waals surface area contributed by atoms with Gasteiger partial charge in [-0.3, -0.25) is 0 Å². The summed E-state index contributed by atoms with van der Waals surface area (Å²) in [5.74, 6) is -0.182. The molecule has 15 heavy (non-hydrogen) atoms. The fourth-order valence-corrected chi connectivity index (χ4v) is 2.18. The van der Waals surface area contributed by atoms with Gasteiger partial charge in [0.15, 0.2) is 0 Å². The highest BCUT2D eigenvalue weighted by atomic mass is 79.9. The zero-order chi connectivity index (χ0) is 11.3. The molecule has 84 valence electrons. The summed E-state index contributed by atoms with van der Waals surface area (Å²) in [6.07, 6.45) is 2.12. The number of rotatable bonds is 5. The Balaban J connectivity index is 2.88. The summed E-state index contributed by atoms with van der Waals surface area (Å²) in [4.78, 5) is 0. The Morgan fingerprint density at radius 3 is 2.60 bits per heavy atom. The third-order valence-corrected chi connectivity index (χ3v) is 2.77. The lowest BCUT2D eigenvalue weighted by molar-refractivity contribution is 0.505. The summed E-state index contributed by atoms with van der Waals surface area (Å²) < 4.78 is 14.0. The SMILES string of the molecule is CCCC(NCC)c1cc(F)cc(Br)c1. The van der Waals surface area contributed by atoms with Gasteiger partial charge < -0.3 is 5.32 Å². The zero-order valence-electron chi connectivity index (χ0n) is 9.19. The maximum atomic E-state index is 13.2. The highest BCUT2D eigenvalue weighted by Crippen LogP contribution is 2.23. The highest BCUT2D eigenvalue weighted by Gasteiger charge is 2.10. The molecule has 1 atom stereocenters. The van der Waals surface area contributed by atoms with Crippen LogP contribution in [-0.2, 0) is 0 Å². The minimum Gasteiger partial charge on any atom is -0.310 e. The maximum Gasteiger partial charge on any atom is 0.124 e. The van der Waals surface area contributed by atoms with Crippen molar-refractivity contribution in [1.29, 1.82) is 0 Å². The fourth-order valence-electron chi connectivity index (χ4n) is 1.70. The molecular formula is C12H17BrFN. The van der Waals surface area contributed by atoms with Crippen LogP contribution in [0.2, 0.25) is 0 Å². The van der Waals surface area contributed by atoms with Gasteiger partial charge in [-0.05, 0) is 36.7 Å². The Morgan fingerprint density at radius 1 is 1.33 bits per heavy atom. The van der Waals surface area contributed by atoms with Crippen molar-refractivity contribution in [2.45, 2.75) is 32.7 Å². The first-order valence-electron chi connectivity index (χ1n) is 5.36. The molecule has 1 N–H and O–H groups in total. The van der Waals surface area contributed by atoms with Gasteiger partial charge in [0.05, 0.1) is 0 Å². The average Bonchev–Trinajstić information content (AvgIpc) is 2.16. The Bertz CT molecular complexity index is 288. The Hall–Kier alpha value is -0.410. The van der Waals surface area contributed by atoms with Gasteiger partial charge in [-0.2, -0.15) is 0 Å². The molecule has 0 heterocycles. The molecule has 0 aliphatic rings. The number of hydrogen-bond acceptors (Lipinski definition) is 1. The summed E-state index contributed by atoms with van der Waals surface area (Å²) >= 11 is 3.32. The summed E-state index contributed by atoms with van der Waals surface area (Å²) in [6.45, 7) is 5.11. The maximum absolute atomic E-state index is 13.2. The predicted octanol–water partition coefficient (Wildman–Crippen LogP) is 4.04. The van der Waals surface area contributed by atoms with Crippen molar-refractivity contribution in [1.82, 2.24) is 5.32 Å². The molecule has 1 unspecified atom stereocenters. The van der Waals surface area contributed by atoms with Crippen LogP contribution in [-0.4, -0.2) is 6.54 Å². The van der Waals surface area contributed by atoms with Gasteiger partial charge in [-0.25, -0.2) is 4.39 Å². The van der Waals surface area contributed by atoms with E-state index in [1.54, 1.807) is 6.07 Å². The molecule has 0 aliphatic heterocycles. The summed E-state index contributed by atoms with van der Waals surface area (Å²) in [5, 5.41) is 3.37. The smallest absolute Gasteiger partial charge is 0.124 e. The molecule has 0 aliphatic carbocycles. The average molecular weight is 274 g/mol. The first-order valence-corrected chi connectivity index (χ1v) is 6.16. The van der Waals surface area contributed by atoms with E-state index in [1.165, 1.54) is 6.07 Å². The first kappa shape index (κ1) is 12.7. The molecule has 1 aromatic rings. The molecule has 1 aromatic carbocycles. The lowest BCUT2D eigenvalue weighted by Gasteiger charge is -2.17. The number of halogens is 2. The van der Waals surface area contributed by atoms with Crippen molar-refractivity contribution in [2.24, 2.45) is 0 Å². The van der Waals surface area contributed by atoms with Crippen molar-refractivity contribution < 1.29 is 4.39 Å². The molecule has 0 spiro atoms. The highest BCUT2D eigenvalue weighted by molar-refractivity contribution is 9.10. The Morgan fingerprint density at radius 2 is 2.07 bits per heavy atom. The Kier molecular flexibility index (Phi) is 5.26. The molecule has 0 bridgehead atoms. The molecule has 0 saturated carbocycles. The van der Waals surface area contributed by atoms with Gasteiger partial charge in [0, 0.05) is 10.5 Å². The lowest BCUT2D eigenvalue weighted by atomic mass is 10.0. The molecule has 1 rings (SSSR count). The van der Waals surface area contributed by atoms with Crippen LogP contribution in [0.25, 0.3) is 0 Å². The lowest BCUT2D eigenvalue weighted by Crippen LogP contribution is -2.20. The third-order valence-electron chi connectivity index (χ3n) is 2.32. The van der Waals surface area contributed by atoms with Crippen LogP contribution in [0.3, 0.4) is 0 Å². The van der Waals surface area contributed by atoms with Crippen LogP contribution in [0.15, 0.2) is 22.7 Å². The fraction of sp³-hybridized carbons (Fsp3) is 0.500. The largest absolute Gasteiger partial charge is 0.310 e. The van der Waals surface area contributed by atoms with Crippen LogP contribution in [0.5, 0.6) is 0 Å². The molecule has 0 saturated heterocycles. The van der Waals surface area contributed by atoms with Gasteiger partial charge in [0.2, 0.25) is 0 Å². The minimum atomic E-state index is -0.182. The van der Waals surface area contributed by atoms with Crippen molar-refractivity contribution in [2.75, 3.05) is 6.54 Å². The van der Waals surface area contributed by atoms with Crippen molar-refractivity contribution in [3.05, 3.63) is 34.1 Å². The van der Waals surface area contributed by atoms with E-state index >= 15 is 0 Å². The van der Waals surface area contributed by atoms with Gasteiger partial charge in [0.25, 0.3) is 0 Å². The molecule has 1 nitrogen and oxygen atoms in total. The van der Waals surface area contributed by atoms with Gasteiger partial charge >= 0.3 is 0 Å². The van der Waals surface area contributed by atoms with E-state index in [0.717, 1.165) is 29.4 Å². The van der Waals surface area contributed by atoms with Crippen molar-refractivity contribution in [3.63, 3.8) is 0 Å². The van der Waals surface area contributed by atoms with Crippen LogP contribution >= 0.6 is 15.9 Å². The van der Waals surface area contributed by atoms with Crippen LogP contribution < -0.4 is 5.32 Å². The van der Waals surface area contributed by atoms with Crippen LogP contribution in [0.1, 0.15) is 38.3 Å². The van der Waals surface area contributed by atoms with Crippen molar-refractivity contribution >= 4 is 15.9 Å². The van der Waals surface area contributed by atoms with E-state index in [-0.39, 0.29) is 11.9 Å². The molecular weight excluding hydrogens is 257 g/mol. The number of benzene rings is 1. The van der Waals surface area contributed by atoms with Crippen LogP contribution in [0, 0.1) is 5.82 Å². The number of hydrogen-bond donors (Lipinski definition) is 1. The van der Waals surface area contributed by atoms with E-state index in [9.17, 15) is 4.39 Å². The standard InChI is InChI=1S/C12H17BrFN/c1-3-5-12(15-4-2)9-6-10(13)8-11(14)7-9/h6-8,12,15H,3-5H2,1-2H3. The second-order valence-electron chi connectivity index (χ2n) is 3.60. The van der Waals surface area contributed by atoms with Crippen molar-refractivity contribution in [3.8, 4) is 0 Å². The van der Waals surface area contributed by atoms with Crippen LogP contribution in [0.4, 0.5) is 4.39 Å². The third kappa shape index (κ3) is 3.92. The topological polar surface area (TPSA) is 12.0 Å².